The van der Waals surface area contributed by atoms with Gasteiger partial charge in [0.15, 0.2) is 0 Å². The Kier molecular flexibility index (Phi) is 57.4. The van der Waals surface area contributed by atoms with Gasteiger partial charge in [0.25, 0.3) is 0 Å². The summed E-state index contributed by atoms with van der Waals surface area (Å²) in [5.41, 5.74) is 0. The van der Waals surface area contributed by atoms with Crippen molar-refractivity contribution in [2.24, 2.45) is 0 Å². The van der Waals surface area contributed by atoms with Crippen LogP contribution in [-0.4, -0.2) is 23.4 Å². The van der Waals surface area contributed by atoms with Crippen molar-refractivity contribution >= 4 is 0 Å². The third-order valence-electron chi connectivity index (χ3n) is 0.447. The van der Waals surface area contributed by atoms with E-state index in [0.29, 0.717) is 13.2 Å². The van der Waals surface area contributed by atoms with Gasteiger partial charge in [0, 0.05) is 13.2 Å². The molecule has 10 heavy (non-hydrogen) atoms. The van der Waals surface area contributed by atoms with E-state index in [4.69, 9.17) is 13.5 Å². The molecule has 0 radical (unpaired) electrons. The first-order valence-electron chi connectivity index (χ1n) is 3.25. The van der Waals surface area contributed by atoms with Crippen LogP contribution in [0, 0.1) is 0 Å². The van der Waals surface area contributed by atoms with Gasteiger partial charge in [-0.3, -0.25) is 0 Å². The number of aliphatic hydroxyl groups is 2. The van der Waals surface area contributed by atoms with E-state index in [-0.39, 0.29) is 0 Å². The van der Waals surface area contributed by atoms with Gasteiger partial charge in [0.2, 0.25) is 0 Å². The van der Waals surface area contributed by atoms with Crippen LogP contribution in [0.1, 0.15) is 26.7 Å². The van der Waals surface area contributed by atoms with Crippen LogP contribution >= 0.6 is 0 Å². The zero-order valence-electron chi connectivity index (χ0n) is 6.63. The Morgan fingerprint density at radius 1 is 1.00 bits per heavy atom. The Hall–Kier alpha value is 0.434. The Labute approximate surface area is 74.2 Å². The van der Waals surface area contributed by atoms with Gasteiger partial charge >= 0.3 is 23.7 Å². The Morgan fingerprint density at radius 3 is 1.10 bits per heavy atom. The molecule has 0 spiro atoms. The number of hydrogen-bond donors (Lipinski definition) is 2. The van der Waals surface area contributed by atoms with Crippen molar-refractivity contribution in [3.8, 4) is 0 Å². The number of hydrogen-bond acceptors (Lipinski definition) is 3. The van der Waals surface area contributed by atoms with Crippen LogP contribution in [0.25, 0.3) is 0 Å². The third-order valence-corrected chi connectivity index (χ3v) is 0.447. The fraction of sp³-hybridized carbons (Fsp3) is 1.00. The van der Waals surface area contributed by atoms with Crippen LogP contribution in [0.4, 0.5) is 0 Å². The quantitative estimate of drug-likeness (QED) is 0.619. The predicted molar refractivity (Wildman–Crippen MR) is 35.4 cm³/mol. The van der Waals surface area contributed by atoms with Gasteiger partial charge < -0.3 is 10.2 Å². The van der Waals surface area contributed by atoms with Crippen LogP contribution in [-0.2, 0) is 23.7 Å². The summed E-state index contributed by atoms with van der Waals surface area (Å²) in [7, 11) is 0. The van der Waals surface area contributed by atoms with Gasteiger partial charge in [-0.25, -0.2) is 0 Å². The Bertz CT molecular complexity index is 28.2. The van der Waals surface area contributed by atoms with Gasteiger partial charge in [0.1, 0.15) is 0 Å². The summed E-state index contributed by atoms with van der Waals surface area (Å²) >= 11 is 0.750. The van der Waals surface area contributed by atoms with Crippen molar-refractivity contribution in [2.75, 3.05) is 13.2 Å². The first-order chi connectivity index (χ1) is 4.83. The van der Waals surface area contributed by atoms with E-state index in [1.165, 1.54) is 0 Å². The molecule has 0 aliphatic rings. The molecule has 0 amide bonds. The fourth-order valence-corrected chi connectivity index (χ4v) is 0. The van der Waals surface area contributed by atoms with E-state index in [9.17, 15) is 0 Å². The van der Waals surface area contributed by atoms with Crippen molar-refractivity contribution in [1.82, 2.24) is 0 Å². The van der Waals surface area contributed by atoms with Crippen LogP contribution in [0.2, 0.25) is 0 Å². The topological polar surface area (TPSA) is 57.5 Å². The van der Waals surface area contributed by atoms with Crippen molar-refractivity contribution in [3.63, 3.8) is 0 Å². The van der Waals surface area contributed by atoms with Gasteiger partial charge in [0.05, 0.1) is 0 Å². The average Bonchev–Trinajstić information content (AvgIpc) is 2.08. The maximum absolute atomic E-state index is 8.25. The van der Waals surface area contributed by atoms with Gasteiger partial charge in [-0.2, -0.15) is 0 Å². The minimum atomic E-state index is 0.319. The summed E-state index contributed by atoms with van der Waals surface area (Å²) in [4.78, 5) is 0. The number of aliphatic hydroxyl groups excluding tert-OH is 2. The molecule has 2 N–H and O–H groups in total. The predicted octanol–water partition coefficient (Wildman–Crippen LogP) is 0.656. The zero-order chi connectivity index (χ0) is 8.83. The molecule has 0 saturated heterocycles. The first-order valence-corrected chi connectivity index (χ1v) is 3.89. The molecule has 0 heterocycles. The molecular weight excluding hydrogens is 168 g/mol. The van der Waals surface area contributed by atoms with Crippen LogP contribution in [0.3, 0.4) is 0 Å². The normalized spacial score (nSPS) is 6.30. The summed E-state index contributed by atoms with van der Waals surface area (Å²) in [6.45, 7) is 4.50. The second kappa shape index (κ2) is 34.1. The van der Waals surface area contributed by atoms with Crippen LogP contribution in [0.5, 0.6) is 0 Å². The monoisotopic (exact) mass is 184 g/mol. The van der Waals surface area contributed by atoms with E-state index < -0.39 is 0 Å². The molecule has 0 aromatic heterocycles. The zero-order valence-corrected chi connectivity index (χ0v) is 8.19. The van der Waals surface area contributed by atoms with Gasteiger partial charge in [-0.15, -0.1) is 0 Å². The Balaban J connectivity index is -0.0000000787. The summed E-state index contributed by atoms with van der Waals surface area (Å²) in [6.07, 6.45) is 1.75. The number of rotatable bonds is 2. The molecule has 0 bridgehead atoms. The van der Waals surface area contributed by atoms with Crippen LogP contribution in [0.15, 0.2) is 0 Å². The molecule has 0 aliphatic heterocycles. The molecule has 0 rings (SSSR count). The summed E-state index contributed by atoms with van der Waals surface area (Å²) in [6, 6.07) is 0. The molecular formula is C6H16O3Ti. The van der Waals surface area contributed by atoms with E-state index in [1.54, 1.807) is 0 Å². The second-order valence-corrected chi connectivity index (χ2v) is 1.45. The summed E-state index contributed by atoms with van der Waals surface area (Å²) in [5.74, 6) is 0. The molecule has 0 aliphatic carbocycles. The van der Waals surface area contributed by atoms with E-state index >= 15 is 0 Å². The average molecular weight is 184 g/mol. The molecule has 0 saturated carbocycles. The summed E-state index contributed by atoms with van der Waals surface area (Å²) in [5, 5.41) is 15.8. The second-order valence-electron chi connectivity index (χ2n) is 1.45. The molecule has 0 unspecified atom stereocenters. The van der Waals surface area contributed by atoms with E-state index in [1.807, 2.05) is 13.8 Å². The SMILES string of the molecule is CCCO.CCCO.[O]=[Ti]. The van der Waals surface area contributed by atoms with Crippen molar-refractivity contribution in [1.29, 1.82) is 0 Å². The summed E-state index contributed by atoms with van der Waals surface area (Å²) < 4.78 is 8.25. The molecule has 62 valence electrons. The van der Waals surface area contributed by atoms with Crippen molar-refractivity contribution in [2.45, 2.75) is 26.7 Å². The molecule has 4 heteroatoms. The van der Waals surface area contributed by atoms with E-state index in [0.717, 1.165) is 33.2 Å². The molecule has 0 fully saturated rings. The standard InChI is InChI=1S/2C3H8O.O.Ti/c2*1-2-3-4;;/h2*4H,2-3H2,1H3;;. The first kappa shape index (κ1) is 16.8. The van der Waals surface area contributed by atoms with Crippen molar-refractivity contribution < 1.29 is 33.9 Å². The fourth-order valence-electron chi connectivity index (χ4n) is 0. The Morgan fingerprint density at radius 2 is 1.10 bits per heavy atom. The van der Waals surface area contributed by atoms with Crippen molar-refractivity contribution in [3.05, 3.63) is 0 Å². The maximum atomic E-state index is 8.25. The van der Waals surface area contributed by atoms with E-state index in [2.05, 4.69) is 0 Å². The third kappa shape index (κ3) is 78.7. The van der Waals surface area contributed by atoms with Gasteiger partial charge in [-0.05, 0) is 12.8 Å². The van der Waals surface area contributed by atoms with Crippen LogP contribution < -0.4 is 0 Å². The van der Waals surface area contributed by atoms with Gasteiger partial charge in [-0.1, -0.05) is 13.8 Å². The minimum absolute atomic E-state index is 0.319. The molecule has 0 aromatic rings. The molecule has 3 nitrogen and oxygen atoms in total. The molecule has 0 atom stereocenters. The molecule has 0 aromatic carbocycles.